The fourth-order valence-electron chi connectivity index (χ4n) is 2.13. The molecule has 16 heavy (non-hydrogen) atoms. The van der Waals surface area contributed by atoms with E-state index < -0.39 is 9.84 Å². The van der Waals surface area contributed by atoms with Crippen LogP contribution >= 0.6 is 0 Å². The van der Waals surface area contributed by atoms with E-state index in [1.54, 1.807) is 12.1 Å². The number of hydrogen-bond donors (Lipinski definition) is 0. The first-order chi connectivity index (χ1) is 7.64. The zero-order valence-electron chi connectivity index (χ0n) is 8.93. The largest absolute Gasteiger partial charge is 0.298 e. The molecule has 0 spiro atoms. The maximum Gasteiger partial charge on any atom is 0.181 e. The molecular weight excluding hydrogens is 224 g/mol. The standard InChI is InChI=1S/C12H14O3S/c13-9-10-5-7-12(8-6-10)16(14,15)11-3-1-2-4-11/h5-9,11H,1-4H2. The third-order valence-electron chi connectivity index (χ3n) is 3.09. The van der Waals surface area contributed by atoms with Crippen LogP contribution in [0, 0.1) is 0 Å². The second-order valence-corrected chi connectivity index (χ2v) is 6.37. The molecule has 1 aliphatic carbocycles. The smallest absolute Gasteiger partial charge is 0.181 e. The summed E-state index contributed by atoms with van der Waals surface area (Å²) in [5, 5.41) is -0.227. The van der Waals surface area contributed by atoms with E-state index in [2.05, 4.69) is 0 Å². The molecule has 86 valence electrons. The number of rotatable bonds is 3. The Labute approximate surface area is 95.4 Å². The van der Waals surface area contributed by atoms with Crippen molar-refractivity contribution in [3.05, 3.63) is 29.8 Å². The van der Waals surface area contributed by atoms with E-state index in [9.17, 15) is 13.2 Å². The lowest BCUT2D eigenvalue weighted by Crippen LogP contribution is -2.17. The van der Waals surface area contributed by atoms with Crippen LogP contribution in [0.5, 0.6) is 0 Å². The summed E-state index contributed by atoms with van der Waals surface area (Å²) < 4.78 is 24.3. The van der Waals surface area contributed by atoms with Crippen LogP contribution in [0.2, 0.25) is 0 Å². The van der Waals surface area contributed by atoms with Gasteiger partial charge in [0.15, 0.2) is 9.84 Å². The SMILES string of the molecule is O=Cc1ccc(S(=O)(=O)C2CCCC2)cc1. The van der Waals surface area contributed by atoms with Crippen LogP contribution < -0.4 is 0 Å². The first-order valence-electron chi connectivity index (χ1n) is 5.44. The Morgan fingerprint density at radius 3 is 2.12 bits per heavy atom. The predicted octanol–water partition coefficient (Wildman–Crippen LogP) is 2.22. The van der Waals surface area contributed by atoms with Gasteiger partial charge in [0.1, 0.15) is 6.29 Å². The first-order valence-corrected chi connectivity index (χ1v) is 6.98. The van der Waals surface area contributed by atoms with Gasteiger partial charge in [-0.2, -0.15) is 0 Å². The molecular formula is C12H14O3S. The van der Waals surface area contributed by atoms with Crippen LogP contribution in [0.1, 0.15) is 36.0 Å². The zero-order chi connectivity index (χ0) is 11.6. The van der Waals surface area contributed by atoms with Gasteiger partial charge in [-0.05, 0) is 25.0 Å². The highest BCUT2D eigenvalue weighted by Gasteiger charge is 2.29. The minimum absolute atomic E-state index is 0.227. The first kappa shape index (κ1) is 11.3. The van der Waals surface area contributed by atoms with Crippen LogP contribution in [-0.2, 0) is 9.84 Å². The normalized spacial score (nSPS) is 17.5. The third kappa shape index (κ3) is 2.02. The van der Waals surface area contributed by atoms with Crippen molar-refractivity contribution in [2.75, 3.05) is 0 Å². The monoisotopic (exact) mass is 238 g/mol. The van der Waals surface area contributed by atoms with E-state index in [1.165, 1.54) is 12.1 Å². The van der Waals surface area contributed by atoms with Crippen molar-refractivity contribution in [2.45, 2.75) is 35.8 Å². The molecule has 2 rings (SSSR count). The number of aldehydes is 1. The van der Waals surface area contributed by atoms with Gasteiger partial charge >= 0.3 is 0 Å². The topological polar surface area (TPSA) is 51.2 Å². The second-order valence-electron chi connectivity index (χ2n) is 4.14. The van der Waals surface area contributed by atoms with Crippen molar-refractivity contribution in [3.8, 4) is 0 Å². The van der Waals surface area contributed by atoms with Gasteiger partial charge in [0.05, 0.1) is 10.1 Å². The molecule has 0 aromatic heterocycles. The van der Waals surface area contributed by atoms with E-state index in [0.29, 0.717) is 16.7 Å². The zero-order valence-corrected chi connectivity index (χ0v) is 9.74. The molecule has 0 radical (unpaired) electrons. The highest BCUT2D eigenvalue weighted by molar-refractivity contribution is 7.92. The average Bonchev–Trinajstić information content (AvgIpc) is 2.83. The highest BCUT2D eigenvalue weighted by Crippen LogP contribution is 2.29. The summed E-state index contributed by atoms with van der Waals surface area (Å²) in [6.45, 7) is 0. The van der Waals surface area contributed by atoms with Crippen molar-refractivity contribution in [2.24, 2.45) is 0 Å². The number of benzene rings is 1. The molecule has 0 saturated heterocycles. The van der Waals surface area contributed by atoms with Crippen molar-refractivity contribution in [3.63, 3.8) is 0 Å². The van der Waals surface area contributed by atoms with E-state index in [0.717, 1.165) is 25.7 Å². The van der Waals surface area contributed by atoms with Gasteiger partial charge in [0.2, 0.25) is 0 Å². The van der Waals surface area contributed by atoms with Crippen LogP contribution in [0.4, 0.5) is 0 Å². The van der Waals surface area contributed by atoms with Crippen LogP contribution in [0.15, 0.2) is 29.2 Å². The summed E-state index contributed by atoms with van der Waals surface area (Å²) in [5.41, 5.74) is 0.505. The van der Waals surface area contributed by atoms with Gasteiger partial charge < -0.3 is 0 Å². The Balaban J connectivity index is 2.31. The summed E-state index contributed by atoms with van der Waals surface area (Å²) >= 11 is 0. The Morgan fingerprint density at radius 1 is 1.06 bits per heavy atom. The quantitative estimate of drug-likeness (QED) is 0.759. The maximum absolute atomic E-state index is 12.1. The molecule has 0 atom stereocenters. The average molecular weight is 238 g/mol. The number of carbonyl (C=O) groups is 1. The molecule has 3 nitrogen and oxygen atoms in total. The van der Waals surface area contributed by atoms with Crippen molar-refractivity contribution >= 4 is 16.1 Å². The molecule has 0 bridgehead atoms. The molecule has 0 N–H and O–H groups in total. The van der Waals surface area contributed by atoms with Gasteiger partial charge in [-0.3, -0.25) is 4.79 Å². The minimum atomic E-state index is -3.18. The van der Waals surface area contributed by atoms with Gasteiger partial charge in [-0.25, -0.2) is 8.42 Å². The third-order valence-corrected chi connectivity index (χ3v) is 5.36. The Morgan fingerprint density at radius 2 is 1.62 bits per heavy atom. The molecule has 1 fully saturated rings. The molecule has 1 aromatic rings. The maximum atomic E-state index is 12.1. The molecule has 1 aromatic carbocycles. The highest BCUT2D eigenvalue weighted by atomic mass is 32.2. The number of carbonyl (C=O) groups excluding carboxylic acids is 1. The van der Waals surface area contributed by atoms with E-state index in [-0.39, 0.29) is 5.25 Å². The van der Waals surface area contributed by atoms with Gasteiger partial charge in [0.25, 0.3) is 0 Å². The number of hydrogen-bond acceptors (Lipinski definition) is 3. The molecule has 0 aliphatic heterocycles. The summed E-state index contributed by atoms with van der Waals surface area (Å²) in [5.74, 6) is 0. The number of sulfone groups is 1. The van der Waals surface area contributed by atoms with E-state index >= 15 is 0 Å². The van der Waals surface area contributed by atoms with Crippen LogP contribution in [-0.4, -0.2) is 20.0 Å². The molecule has 0 amide bonds. The van der Waals surface area contributed by atoms with Gasteiger partial charge in [-0.1, -0.05) is 25.0 Å². The summed E-state index contributed by atoms with van der Waals surface area (Å²) in [6.07, 6.45) is 4.23. The lowest BCUT2D eigenvalue weighted by atomic mass is 10.2. The predicted molar refractivity (Wildman–Crippen MR) is 61.3 cm³/mol. The van der Waals surface area contributed by atoms with E-state index in [4.69, 9.17) is 0 Å². The fourth-order valence-corrected chi connectivity index (χ4v) is 3.98. The van der Waals surface area contributed by atoms with Gasteiger partial charge in [0, 0.05) is 5.56 Å². The van der Waals surface area contributed by atoms with Gasteiger partial charge in [-0.15, -0.1) is 0 Å². The minimum Gasteiger partial charge on any atom is -0.298 e. The molecule has 1 aliphatic rings. The van der Waals surface area contributed by atoms with E-state index in [1.807, 2.05) is 0 Å². The molecule has 0 unspecified atom stereocenters. The van der Waals surface area contributed by atoms with Crippen LogP contribution in [0.25, 0.3) is 0 Å². The lowest BCUT2D eigenvalue weighted by Gasteiger charge is -2.10. The van der Waals surface area contributed by atoms with Crippen molar-refractivity contribution < 1.29 is 13.2 Å². The molecule has 1 saturated carbocycles. The summed E-state index contributed by atoms with van der Waals surface area (Å²) in [6, 6.07) is 6.15. The summed E-state index contributed by atoms with van der Waals surface area (Å²) in [7, 11) is -3.18. The fraction of sp³-hybridized carbons (Fsp3) is 0.417. The Hall–Kier alpha value is -1.16. The Kier molecular flexibility index (Phi) is 3.10. The Bertz CT molecular complexity index is 467. The van der Waals surface area contributed by atoms with Crippen molar-refractivity contribution in [1.29, 1.82) is 0 Å². The second kappa shape index (κ2) is 4.37. The summed E-state index contributed by atoms with van der Waals surface area (Å²) in [4.78, 5) is 10.8. The molecule has 4 heteroatoms. The van der Waals surface area contributed by atoms with Crippen molar-refractivity contribution in [1.82, 2.24) is 0 Å². The molecule has 0 heterocycles. The lowest BCUT2D eigenvalue weighted by molar-refractivity contribution is 0.112. The van der Waals surface area contributed by atoms with Crippen LogP contribution in [0.3, 0.4) is 0 Å².